The topological polar surface area (TPSA) is 39.2 Å². The predicted molar refractivity (Wildman–Crippen MR) is 74.0 cm³/mol. The van der Waals surface area contributed by atoms with Crippen molar-refractivity contribution in [2.45, 2.75) is 0 Å². The number of rotatable bonds is 0. The van der Waals surface area contributed by atoms with E-state index in [-0.39, 0.29) is 0 Å². The van der Waals surface area contributed by atoms with Gasteiger partial charge in [0.05, 0.1) is 9.86 Å². The highest BCUT2D eigenvalue weighted by atomic mass is 79.9. The number of halogens is 1. The molecule has 2 nitrogen and oxygen atoms in total. The Balaban J connectivity index is 2.66. The van der Waals surface area contributed by atoms with Gasteiger partial charge in [-0.2, -0.15) is 0 Å². The summed E-state index contributed by atoms with van der Waals surface area (Å²) in [6.45, 7) is 0. The lowest BCUT2D eigenvalue weighted by Gasteiger charge is -2.02. The zero-order valence-corrected chi connectivity index (χ0v) is 10.3. The fourth-order valence-electron chi connectivity index (χ4n) is 2.01. The minimum Gasteiger partial charge on any atom is -0.455 e. The van der Waals surface area contributed by atoms with Gasteiger partial charge in [0.1, 0.15) is 13.4 Å². The molecule has 0 fully saturated rings. The lowest BCUT2D eigenvalue weighted by molar-refractivity contribution is 0.667. The van der Waals surface area contributed by atoms with Crippen LogP contribution in [0.2, 0.25) is 0 Å². The molecule has 1 heterocycles. The van der Waals surface area contributed by atoms with Crippen molar-refractivity contribution in [3.63, 3.8) is 0 Å². The second kappa shape index (κ2) is 3.29. The maximum absolute atomic E-state index is 6.12. The first-order valence-electron chi connectivity index (χ1n) is 5.04. The number of para-hydroxylation sites is 1. The first-order chi connectivity index (χ1) is 7.68. The highest BCUT2D eigenvalue weighted by Gasteiger charge is 2.13. The van der Waals surface area contributed by atoms with Crippen LogP contribution in [0.1, 0.15) is 0 Å². The maximum Gasteiger partial charge on any atom is 0.151 e. The summed E-state index contributed by atoms with van der Waals surface area (Å²) in [4.78, 5) is 0. The predicted octanol–water partition coefficient (Wildman–Crippen LogP) is 2.19. The summed E-state index contributed by atoms with van der Waals surface area (Å²) in [5.74, 6) is 0. The highest BCUT2D eigenvalue weighted by molar-refractivity contribution is 9.10. The normalized spacial score (nSPS) is 11.3. The summed E-state index contributed by atoms with van der Waals surface area (Å²) >= 11 is 3.51. The second-order valence-corrected chi connectivity index (χ2v) is 4.75. The average Bonchev–Trinajstić information content (AvgIpc) is 2.66. The fourth-order valence-corrected chi connectivity index (χ4v) is 2.63. The van der Waals surface area contributed by atoms with Crippen LogP contribution in [0.3, 0.4) is 0 Å². The van der Waals surface area contributed by atoms with Crippen LogP contribution in [0.15, 0.2) is 39.2 Å². The van der Waals surface area contributed by atoms with Crippen LogP contribution in [-0.2, 0) is 0 Å². The monoisotopic (exact) mass is 273 g/mol. The minimum absolute atomic E-state index is 0.795. The highest BCUT2D eigenvalue weighted by Crippen LogP contribution is 2.35. The van der Waals surface area contributed by atoms with Gasteiger partial charge < -0.3 is 10.2 Å². The zero-order chi connectivity index (χ0) is 11.3. The van der Waals surface area contributed by atoms with Gasteiger partial charge in [0, 0.05) is 11.1 Å². The molecule has 0 aliphatic carbocycles. The van der Waals surface area contributed by atoms with E-state index in [1.807, 2.05) is 38.2 Å². The summed E-state index contributed by atoms with van der Waals surface area (Å²) in [5.41, 5.74) is 9.67. The van der Waals surface area contributed by atoms with Crippen LogP contribution in [-0.4, -0.2) is 7.85 Å². The molecule has 1 aromatic heterocycles. The molecule has 0 aliphatic heterocycles. The van der Waals surface area contributed by atoms with Gasteiger partial charge in [-0.25, -0.2) is 0 Å². The summed E-state index contributed by atoms with van der Waals surface area (Å²) in [5, 5.41) is 2.07. The number of nitrogen functional groups attached to an aromatic ring is 1. The van der Waals surface area contributed by atoms with Crippen LogP contribution < -0.4 is 11.2 Å². The Bertz CT molecular complexity index is 705. The SMILES string of the molecule is Bc1cc(Br)c2oc3ccccc3c2c1N. The van der Waals surface area contributed by atoms with Crippen LogP contribution in [0.5, 0.6) is 0 Å². The molecule has 2 N–H and O–H groups in total. The zero-order valence-electron chi connectivity index (χ0n) is 8.75. The molecular formula is C12H9BBrNO. The lowest BCUT2D eigenvalue weighted by Crippen LogP contribution is -2.09. The number of anilines is 1. The summed E-state index contributed by atoms with van der Waals surface area (Å²) in [7, 11) is 2.00. The van der Waals surface area contributed by atoms with Gasteiger partial charge in [0.15, 0.2) is 5.58 Å². The Morgan fingerprint density at radius 3 is 2.81 bits per heavy atom. The van der Waals surface area contributed by atoms with E-state index in [9.17, 15) is 0 Å². The summed E-state index contributed by atoms with van der Waals surface area (Å²) in [6.07, 6.45) is 0. The molecular weight excluding hydrogens is 265 g/mol. The fraction of sp³-hybridized carbons (Fsp3) is 0. The molecule has 0 bridgehead atoms. The third-order valence-electron chi connectivity index (χ3n) is 2.85. The Hall–Kier alpha value is -1.42. The van der Waals surface area contributed by atoms with Crippen molar-refractivity contribution in [3.05, 3.63) is 34.8 Å². The van der Waals surface area contributed by atoms with Crippen LogP contribution in [0.4, 0.5) is 5.69 Å². The minimum atomic E-state index is 0.795. The maximum atomic E-state index is 6.12. The Labute approximate surface area is 102 Å². The molecule has 16 heavy (non-hydrogen) atoms. The van der Waals surface area contributed by atoms with Crippen LogP contribution in [0, 0.1) is 0 Å². The van der Waals surface area contributed by atoms with E-state index < -0.39 is 0 Å². The van der Waals surface area contributed by atoms with Crippen molar-refractivity contribution in [1.82, 2.24) is 0 Å². The van der Waals surface area contributed by atoms with Gasteiger partial charge in [-0.05, 0) is 28.1 Å². The molecule has 0 saturated heterocycles. The molecule has 0 unspecified atom stereocenters. The molecule has 0 aliphatic rings. The molecule has 0 spiro atoms. The van der Waals surface area contributed by atoms with E-state index in [0.29, 0.717) is 0 Å². The molecule has 78 valence electrons. The third-order valence-corrected chi connectivity index (χ3v) is 3.44. The van der Waals surface area contributed by atoms with Gasteiger partial charge in [0.25, 0.3) is 0 Å². The lowest BCUT2D eigenvalue weighted by atomic mass is 9.92. The molecule has 4 heteroatoms. The molecule has 0 saturated carbocycles. The quantitative estimate of drug-likeness (QED) is 0.504. The van der Waals surface area contributed by atoms with Crippen molar-refractivity contribution < 1.29 is 4.42 Å². The Kier molecular flexibility index (Phi) is 2.01. The van der Waals surface area contributed by atoms with Crippen molar-refractivity contribution in [2.24, 2.45) is 0 Å². The Morgan fingerprint density at radius 1 is 1.25 bits per heavy atom. The number of furan rings is 1. The van der Waals surface area contributed by atoms with E-state index in [0.717, 1.165) is 37.6 Å². The second-order valence-electron chi connectivity index (χ2n) is 3.89. The number of hydrogen-bond donors (Lipinski definition) is 1. The van der Waals surface area contributed by atoms with Crippen molar-refractivity contribution in [3.8, 4) is 0 Å². The smallest absolute Gasteiger partial charge is 0.151 e. The standard InChI is InChI=1S/C12H9BBrNO/c13-7-5-8(14)12-10(11(7)15)6-3-1-2-4-9(6)16-12/h1-5H,13,15H2. The van der Waals surface area contributed by atoms with Gasteiger partial charge >= 0.3 is 0 Å². The van der Waals surface area contributed by atoms with Gasteiger partial charge in [0.2, 0.25) is 0 Å². The van der Waals surface area contributed by atoms with Gasteiger partial charge in [-0.15, -0.1) is 0 Å². The Morgan fingerprint density at radius 2 is 2.00 bits per heavy atom. The van der Waals surface area contributed by atoms with E-state index in [1.165, 1.54) is 0 Å². The first kappa shape index (κ1) is 9.79. The van der Waals surface area contributed by atoms with Gasteiger partial charge in [-0.1, -0.05) is 23.7 Å². The molecule has 3 aromatic rings. The average molecular weight is 274 g/mol. The molecule has 0 atom stereocenters. The number of benzene rings is 2. The van der Waals surface area contributed by atoms with Crippen molar-refractivity contribution in [1.29, 1.82) is 0 Å². The van der Waals surface area contributed by atoms with E-state index in [2.05, 4.69) is 15.9 Å². The third kappa shape index (κ3) is 1.20. The van der Waals surface area contributed by atoms with Crippen LogP contribution >= 0.6 is 15.9 Å². The molecule has 0 radical (unpaired) electrons. The summed E-state index contributed by atoms with van der Waals surface area (Å²) < 4.78 is 6.74. The van der Waals surface area contributed by atoms with E-state index >= 15 is 0 Å². The summed E-state index contributed by atoms with van der Waals surface area (Å²) in [6, 6.07) is 9.93. The number of nitrogens with two attached hydrogens (primary N) is 1. The van der Waals surface area contributed by atoms with E-state index in [1.54, 1.807) is 0 Å². The van der Waals surface area contributed by atoms with E-state index in [4.69, 9.17) is 10.2 Å². The van der Waals surface area contributed by atoms with Crippen molar-refractivity contribution >= 4 is 56.9 Å². The largest absolute Gasteiger partial charge is 0.455 e. The first-order valence-corrected chi connectivity index (χ1v) is 5.83. The van der Waals surface area contributed by atoms with Gasteiger partial charge in [-0.3, -0.25) is 0 Å². The van der Waals surface area contributed by atoms with Crippen molar-refractivity contribution in [2.75, 3.05) is 5.73 Å². The molecule has 3 rings (SSSR count). The molecule has 2 aromatic carbocycles. The number of hydrogen-bond acceptors (Lipinski definition) is 2. The molecule has 0 amide bonds. The van der Waals surface area contributed by atoms with Crippen LogP contribution in [0.25, 0.3) is 21.9 Å². The number of fused-ring (bicyclic) bond motifs is 3.